The molecule has 0 aromatic rings. The number of hydrogen-bond acceptors (Lipinski definition) is 5. The number of carboxylic acids is 2. The molecule has 2 N–H and O–H groups in total. The van der Waals surface area contributed by atoms with Crippen LogP contribution in [0.25, 0.3) is 11.5 Å². The van der Waals surface area contributed by atoms with E-state index in [0.717, 1.165) is 12.8 Å². The van der Waals surface area contributed by atoms with E-state index < -0.39 is 36.0 Å². The van der Waals surface area contributed by atoms with Gasteiger partial charge in [0.05, 0.1) is 17.4 Å². The first kappa shape index (κ1) is 19.2. The third-order valence-electron chi connectivity index (χ3n) is 3.55. The molecule has 0 aromatic heterocycles. The number of rotatable bonds is 2. The molecule has 0 unspecified atom stereocenters. The van der Waals surface area contributed by atoms with E-state index in [4.69, 9.17) is 11.5 Å². The molecule has 2 atom stereocenters. The van der Waals surface area contributed by atoms with E-state index in [9.17, 15) is 24.6 Å². The van der Waals surface area contributed by atoms with Crippen molar-refractivity contribution in [3.05, 3.63) is 11.5 Å². The summed E-state index contributed by atoms with van der Waals surface area (Å²) < 4.78 is 0. The molecule has 0 heterocycles. The Labute approximate surface area is 131 Å². The Balaban J connectivity index is 0.000000359. The predicted octanol–water partition coefficient (Wildman–Crippen LogP) is -0.765. The molecule has 2 fully saturated rings. The average Bonchev–Trinajstić information content (AvgIpc) is 2.28. The van der Waals surface area contributed by atoms with E-state index in [1.165, 1.54) is 12.8 Å². The third kappa shape index (κ3) is 4.36. The number of carboxylic acid groups (broad SMARTS) is 2. The van der Waals surface area contributed by atoms with Gasteiger partial charge in [0.1, 0.15) is 5.78 Å². The van der Waals surface area contributed by atoms with Crippen LogP contribution in [0.3, 0.4) is 0 Å². The smallest absolute Gasteiger partial charge is 0.676 e. The molecule has 8 heteroatoms. The van der Waals surface area contributed by atoms with Gasteiger partial charge in [-0.1, -0.05) is 25.7 Å². The van der Waals surface area contributed by atoms with Crippen molar-refractivity contribution in [1.29, 1.82) is 0 Å². The van der Waals surface area contributed by atoms with E-state index in [1.807, 2.05) is 0 Å². The van der Waals surface area contributed by atoms with Crippen LogP contribution < -0.4 is 10.2 Å². The molecule has 0 radical (unpaired) electrons. The van der Waals surface area contributed by atoms with Crippen LogP contribution in [-0.2, 0) is 35.4 Å². The Kier molecular flexibility index (Phi) is 7.55. The molecule has 0 bridgehead atoms. The van der Waals surface area contributed by atoms with Crippen molar-refractivity contribution in [3.63, 3.8) is 0 Å². The molecule has 7 nitrogen and oxygen atoms in total. The van der Waals surface area contributed by atoms with Crippen LogP contribution in [0.15, 0.2) is 0 Å². The third-order valence-corrected chi connectivity index (χ3v) is 3.55. The fourth-order valence-electron chi connectivity index (χ4n) is 2.12. The first-order valence-electron chi connectivity index (χ1n) is 6.16. The van der Waals surface area contributed by atoms with Gasteiger partial charge in [-0.25, -0.2) is 0 Å². The van der Waals surface area contributed by atoms with Crippen molar-refractivity contribution in [2.24, 2.45) is 5.41 Å². The van der Waals surface area contributed by atoms with E-state index in [0.29, 0.717) is 0 Å². The van der Waals surface area contributed by atoms with E-state index in [-0.39, 0.29) is 33.1 Å². The van der Waals surface area contributed by atoms with Crippen molar-refractivity contribution >= 4 is 17.7 Å². The van der Waals surface area contributed by atoms with Crippen molar-refractivity contribution in [2.75, 3.05) is 0 Å². The predicted molar refractivity (Wildman–Crippen MR) is 61.4 cm³/mol. The molecule has 2 rings (SSSR count). The Morgan fingerprint density at radius 3 is 1.50 bits per heavy atom. The van der Waals surface area contributed by atoms with Crippen molar-refractivity contribution in [2.45, 2.75) is 50.6 Å². The van der Waals surface area contributed by atoms with Crippen molar-refractivity contribution in [3.8, 4) is 0 Å². The van der Waals surface area contributed by atoms with Gasteiger partial charge < -0.3 is 31.3 Å². The molecule has 2 aliphatic rings. The Bertz CT molecular complexity index is 354. The standard InChI is InChI=1S/C6H12N2.C6H6O5.Pt/c7-5-3-1-2-4-6(5)8;7-3-1-6(2-3,4(8)9)5(10)11;/h5-8H,1-4H2;1-2H2,(H,8,9)(H,10,11);/q-2;;+4/p-2/t5-,6-;;/m1../s1. The average molecular weight is 463 g/mol. The monoisotopic (exact) mass is 463 g/mol. The minimum Gasteiger partial charge on any atom is -0.676 e. The molecule has 0 spiro atoms. The fourth-order valence-corrected chi connectivity index (χ4v) is 2.12. The van der Waals surface area contributed by atoms with Gasteiger partial charge in [-0.3, -0.25) is 4.79 Å². The van der Waals surface area contributed by atoms with Crippen LogP contribution in [-0.4, -0.2) is 29.8 Å². The Hall–Kier alpha value is -0.782. The van der Waals surface area contributed by atoms with Gasteiger partial charge in [0.2, 0.25) is 0 Å². The zero-order chi connectivity index (χ0) is 14.6. The van der Waals surface area contributed by atoms with Crippen LogP contribution in [0.4, 0.5) is 0 Å². The summed E-state index contributed by atoms with van der Waals surface area (Å²) in [6.45, 7) is 0. The molecule has 20 heavy (non-hydrogen) atoms. The van der Waals surface area contributed by atoms with Gasteiger partial charge in [0.25, 0.3) is 0 Å². The van der Waals surface area contributed by atoms with E-state index >= 15 is 0 Å². The van der Waals surface area contributed by atoms with Gasteiger partial charge in [-0.15, -0.1) is 0 Å². The Morgan fingerprint density at radius 1 is 1.00 bits per heavy atom. The molecule has 0 aromatic carbocycles. The molecule has 0 saturated heterocycles. The van der Waals surface area contributed by atoms with Crippen LogP contribution in [0.1, 0.15) is 38.5 Å². The topological polar surface area (TPSA) is 145 Å². The van der Waals surface area contributed by atoms with Gasteiger partial charge in [0.15, 0.2) is 0 Å². The number of aliphatic carboxylic acids is 2. The summed E-state index contributed by atoms with van der Waals surface area (Å²) in [6, 6.07) is -0.160. The zero-order valence-electron chi connectivity index (χ0n) is 10.8. The van der Waals surface area contributed by atoms with Crippen LogP contribution in [0.5, 0.6) is 0 Å². The van der Waals surface area contributed by atoms with Crippen LogP contribution in [0.2, 0.25) is 0 Å². The number of Topliss-reactive ketones (excluding diaryl/α,β-unsaturated/α-hetero) is 1. The largest absolute Gasteiger partial charge is 4.00 e. The van der Waals surface area contributed by atoms with Crippen molar-refractivity contribution in [1.82, 2.24) is 0 Å². The molecular formula is C12H16N2O5Pt. The minimum absolute atomic E-state index is 0. The molecule has 2 aliphatic carbocycles. The maximum atomic E-state index is 10.3. The molecule has 2 saturated carbocycles. The molecule has 0 aliphatic heterocycles. The van der Waals surface area contributed by atoms with Crippen LogP contribution in [0, 0.1) is 5.41 Å². The first-order chi connectivity index (χ1) is 8.79. The van der Waals surface area contributed by atoms with Crippen molar-refractivity contribution < 1.29 is 45.7 Å². The fraction of sp³-hybridized carbons (Fsp3) is 0.750. The number of carbonyl (C=O) groups is 3. The number of carbonyl (C=O) groups excluding carboxylic acids is 3. The first-order valence-corrected chi connectivity index (χ1v) is 6.16. The summed E-state index contributed by atoms with van der Waals surface area (Å²) in [5.41, 5.74) is 12.5. The summed E-state index contributed by atoms with van der Waals surface area (Å²) in [7, 11) is 0. The second kappa shape index (κ2) is 7.86. The second-order valence-corrected chi connectivity index (χ2v) is 5.05. The number of hydrogen-bond donors (Lipinski definition) is 0. The minimum atomic E-state index is -2.04. The molecule has 114 valence electrons. The van der Waals surface area contributed by atoms with Gasteiger partial charge in [-0.2, -0.15) is 12.1 Å². The van der Waals surface area contributed by atoms with Gasteiger partial charge in [0, 0.05) is 12.8 Å². The summed E-state index contributed by atoms with van der Waals surface area (Å²) in [5.74, 6) is -3.87. The molecule has 0 amide bonds. The summed E-state index contributed by atoms with van der Waals surface area (Å²) in [6.07, 6.45) is 3.24. The second-order valence-electron chi connectivity index (χ2n) is 5.05. The zero-order valence-corrected chi connectivity index (χ0v) is 13.0. The van der Waals surface area contributed by atoms with E-state index in [2.05, 4.69) is 0 Å². The van der Waals surface area contributed by atoms with E-state index in [1.54, 1.807) is 0 Å². The summed E-state index contributed by atoms with van der Waals surface area (Å²) in [5, 5.41) is 20.4. The summed E-state index contributed by atoms with van der Waals surface area (Å²) >= 11 is 0. The normalized spacial score (nSPS) is 27.2. The van der Waals surface area contributed by atoms with Crippen LogP contribution >= 0.6 is 0 Å². The maximum absolute atomic E-state index is 10.3. The van der Waals surface area contributed by atoms with Gasteiger partial charge >= 0.3 is 21.1 Å². The maximum Gasteiger partial charge on any atom is 4.00 e. The summed E-state index contributed by atoms with van der Waals surface area (Å²) in [4.78, 5) is 30.8. The SMILES string of the molecule is O=C1CC(C(=O)[O-])(C(=O)[O-])C1.[NH-][C@@H]1CCCC[C@H]1[NH-].[Pt+4]. The molecular weight excluding hydrogens is 447 g/mol. The van der Waals surface area contributed by atoms with Gasteiger partial charge in [-0.05, 0) is 0 Å². The number of nitrogens with one attached hydrogen (secondary N) is 2. The number of ketones is 1. The Morgan fingerprint density at radius 2 is 1.35 bits per heavy atom. The quantitative estimate of drug-likeness (QED) is 0.494.